The molecule has 0 saturated heterocycles. The highest BCUT2D eigenvalue weighted by molar-refractivity contribution is 5.93. The molecule has 0 radical (unpaired) electrons. The Balaban J connectivity index is 1.99. The molecule has 3 rings (SSSR count). The maximum absolute atomic E-state index is 13.2. The quantitative estimate of drug-likeness (QED) is 0.534. The minimum absolute atomic E-state index is 0.285. The van der Waals surface area contributed by atoms with Crippen LogP contribution in [0.5, 0.6) is 17.2 Å². The first kappa shape index (κ1) is 21.9. The number of aliphatic hydroxyl groups is 1. The highest BCUT2D eigenvalue weighted by Crippen LogP contribution is 2.49. The average molecular weight is 417 g/mol. The molecule has 1 heterocycles. The Morgan fingerprint density at radius 2 is 1.73 bits per heavy atom. The van der Waals surface area contributed by atoms with E-state index in [4.69, 9.17) is 18.6 Å². The number of aryl methyl sites for hydroxylation is 1. The molecule has 0 aliphatic heterocycles. The lowest BCUT2D eigenvalue weighted by molar-refractivity contribution is 0.154. The van der Waals surface area contributed by atoms with Crippen LogP contribution in [0.1, 0.15) is 23.7 Å². The van der Waals surface area contributed by atoms with E-state index in [0.29, 0.717) is 59.8 Å². The number of likely N-dealkylation sites (N-methyl/N-ethyl adjacent to an activating group) is 1. The Labute approximate surface area is 175 Å². The summed E-state index contributed by atoms with van der Waals surface area (Å²) in [6, 6.07) is 8.04. The van der Waals surface area contributed by atoms with Gasteiger partial charge in [0.05, 0.1) is 37.5 Å². The number of hydrogen-bond donors (Lipinski definition) is 1. The zero-order valence-corrected chi connectivity index (χ0v) is 17.8. The third-order valence-corrected chi connectivity index (χ3v) is 4.96. The van der Waals surface area contributed by atoms with Crippen molar-refractivity contribution in [1.82, 2.24) is 4.90 Å². The van der Waals surface area contributed by atoms with Crippen molar-refractivity contribution < 1.29 is 28.1 Å². The topological polar surface area (TPSA) is 64.3 Å². The van der Waals surface area contributed by atoms with Gasteiger partial charge in [0, 0.05) is 6.54 Å². The molecule has 162 valence electrons. The fourth-order valence-electron chi connectivity index (χ4n) is 3.42. The molecule has 1 atom stereocenters. The van der Waals surface area contributed by atoms with Gasteiger partial charge in [-0.1, -0.05) is 12.1 Å². The first-order chi connectivity index (χ1) is 14.5. The maximum atomic E-state index is 13.2. The van der Waals surface area contributed by atoms with Crippen LogP contribution in [-0.2, 0) is 6.42 Å². The Hall–Kier alpha value is -2.77. The standard InChI is InChI=1S/C23H28FNO5/c1-25(2)12-14-30-22-19(18(26)10-7-15-5-8-16(24)9-6-15)20(27-3)17-11-13-29-21(17)23(22)28-4/h5-6,8-9,11,13,18,26H,7,10,12,14H2,1-4H3. The lowest BCUT2D eigenvalue weighted by Crippen LogP contribution is -2.20. The Kier molecular flexibility index (Phi) is 7.18. The van der Waals surface area contributed by atoms with Gasteiger partial charge in [-0.05, 0) is 50.7 Å². The number of furan rings is 1. The van der Waals surface area contributed by atoms with E-state index in [0.717, 1.165) is 5.56 Å². The monoisotopic (exact) mass is 417 g/mol. The zero-order valence-electron chi connectivity index (χ0n) is 17.8. The number of hydrogen-bond acceptors (Lipinski definition) is 6. The number of nitrogens with zero attached hydrogens (tertiary/aromatic N) is 1. The molecule has 6 nitrogen and oxygen atoms in total. The molecule has 7 heteroatoms. The van der Waals surface area contributed by atoms with Gasteiger partial charge in [-0.15, -0.1) is 0 Å². The molecule has 0 spiro atoms. The molecule has 2 aromatic carbocycles. The van der Waals surface area contributed by atoms with Crippen LogP contribution in [-0.4, -0.2) is 51.5 Å². The predicted octanol–water partition coefficient (Wildman–Crippen LogP) is 4.20. The molecular formula is C23H28FNO5. The SMILES string of the molecule is COc1c(C(O)CCc2ccc(F)cc2)c(OCCN(C)C)c(OC)c2occc12. The van der Waals surface area contributed by atoms with Crippen molar-refractivity contribution in [3.05, 3.63) is 53.5 Å². The predicted molar refractivity (Wildman–Crippen MR) is 113 cm³/mol. The van der Waals surface area contributed by atoms with Crippen molar-refractivity contribution in [3.63, 3.8) is 0 Å². The van der Waals surface area contributed by atoms with E-state index in [1.807, 2.05) is 19.0 Å². The number of fused-ring (bicyclic) bond motifs is 1. The number of benzene rings is 2. The third-order valence-electron chi connectivity index (χ3n) is 4.96. The summed E-state index contributed by atoms with van der Waals surface area (Å²) in [6.45, 7) is 1.09. The summed E-state index contributed by atoms with van der Waals surface area (Å²) in [5, 5.41) is 11.8. The summed E-state index contributed by atoms with van der Waals surface area (Å²) < 4.78 is 36.1. The van der Waals surface area contributed by atoms with E-state index < -0.39 is 6.10 Å². The average Bonchev–Trinajstić information content (AvgIpc) is 3.21. The van der Waals surface area contributed by atoms with E-state index in [9.17, 15) is 9.50 Å². The van der Waals surface area contributed by atoms with Crippen LogP contribution in [0, 0.1) is 5.82 Å². The van der Waals surface area contributed by atoms with Crippen LogP contribution in [0.25, 0.3) is 11.0 Å². The lowest BCUT2D eigenvalue weighted by Gasteiger charge is -2.22. The highest BCUT2D eigenvalue weighted by atomic mass is 19.1. The van der Waals surface area contributed by atoms with Gasteiger partial charge in [-0.25, -0.2) is 4.39 Å². The van der Waals surface area contributed by atoms with Gasteiger partial charge in [0.15, 0.2) is 11.3 Å². The van der Waals surface area contributed by atoms with Gasteiger partial charge in [-0.3, -0.25) is 0 Å². The Morgan fingerprint density at radius 1 is 1.03 bits per heavy atom. The summed E-state index contributed by atoms with van der Waals surface area (Å²) >= 11 is 0. The molecule has 0 fully saturated rings. The van der Waals surface area contributed by atoms with E-state index in [1.165, 1.54) is 19.2 Å². The van der Waals surface area contributed by atoms with E-state index in [2.05, 4.69) is 0 Å². The molecule has 0 aliphatic carbocycles. The van der Waals surface area contributed by atoms with Crippen LogP contribution in [0.15, 0.2) is 41.0 Å². The fourth-order valence-corrected chi connectivity index (χ4v) is 3.42. The molecule has 1 N–H and O–H groups in total. The number of aliphatic hydroxyl groups excluding tert-OH is 1. The van der Waals surface area contributed by atoms with Crippen molar-refractivity contribution in [2.75, 3.05) is 41.5 Å². The van der Waals surface area contributed by atoms with E-state index in [-0.39, 0.29) is 5.82 Å². The second kappa shape index (κ2) is 9.82. The number of ether oxygens (including phenoxy) is 3. The van der Waals surface area contributed by atoms with Gasteiger partial charge >= 0.3 is 0 Å². The van der Waals surface area contributed by atoms with Crippen molar-refractivity contribution in [3.8, 4) is 17.2 Å². The lowest BCUT2D eigenvalue weighted by atomic mass is 9.97. The summed E-state index contributed by atoms with van der Waals surface area (Å²) in [4.78, 5) is 2.00. The number of halogens is 1. The maximum Gasteiger partial charge on any atom is 0.205 e. The first-order valence-electron chi connectivity index (χ1n) is 9.81. The van der Waals surface area contributed by atoms with Gasteiger partial charge in [0.2, 0.25) is 5.75 Å². The molecule has 1 unspecified atom stereocenters. The Bertz CT molecular complexity index is 968. The minimum Gasteiger partial charge on any atom is -0.495 e. The summed E-state index contributed by atoms with van der Waals surface area (Å²) in [5.74, 6) is 1.04. The van der Waals surface area contributed by atoms with Gasteiger partial charge < -0.3 is 28.6 Å². The van der Waals surface area contributed by atoms with Gasteiger partial charge in [-0.2, -0.15) is 0 Å². The summed E-state index contributed by atoms with van der Waals surface area (Å²) in [7, 11) is 7.00. The smallest absolute Gasteiger partial charge is 0.205 e. The third kappa shape index (κ3) is 4.68. The van der Waals surface area contributed by atoms with Gasteiger partial charge in [0.1, 0.15) is 18.2 Å². The molecule has 30 heavy (non-hydrogen) atoms. The van der Waals surface area contributed by atoms with Crippen molar-refractivity contribution in [2.45, 2.75) is 18.9 Å². The minimum atomic E-state index is -0.882. The molecule has 3 aromatic rings. The number of methoxy groups -OCH3 is 2. The number of rotatable bonds is 10. The molecule has 0 saturated carbocycles. The van der Waals surface area contributed by atoms with Crippen molar-refractivity contribution in [1.29, 1.82) is 0 Å². The second-order valence-corrected chi connectivity index (χ2v) is 7.31. The molecular weight excluding hydrogens is 389 g/mol. The highest BCUT2D eigenvalue weighted by Gasteiger charge is 2.28. The van der Waals surface area contributed by atoms with E-state index in [1.54, 1.807) is 31.6 Å². The normalized spacial score (nSPS) is 12.4. The second-order valence-electron chi connectivity index (χ2n) is 7.31. The van der Waals surface area contributed by atoms with E-state index >= 15 is 0 Å². The zero-order chi connectivity index (χ0) is 21.7. The van der Waals surface area contributed by atoms with Crippen molar-refractivity contribution >= 4 is 11.0 Å². The Morgan fingerprint density at radius 3 is 2.37 bits per heavy atom. The van der Waals surface area contributed by atoms with Crippen LogP contribution in [0.4, 0.5) is 4.39 Å². The summed E-state index contributed by atoms with van der Waals surface area (Å²) in [6.07, 6.45) is 1.63. The largest absolute Gasteiger partial charge is 0.495 e. The van der Waals surface area contributed by atoms with Crippen LogP contribution in [0.3, 0.4) is 0 Å². The summed E-state index contributed by atoms with van der Waals surface area (Å²) in [5.41, 5.74) is 1.95. The van der Waals surface area contributed by atoms with Gasteiger partial charge in [0.25, 0.3) is 0 Å². The molecule has 0 bridgehead atoms. The molecule has 0 aliphatic rings. The van der Waals surface area contributed by atoms with Crippen LogP contribution < -0.4 is 14.2 Å². The molecule has 1 aromatic heterocycles. The fraction of sp³-hybridized carbons (Fsp3) is 0.391. The van der Waals surface area contributed by atoms with Crippen LogP contribution >= 0.6 is 0 Å². The first-order valence-corrected chi connectivity index (χ1v) is 9.81. The van der Waals surface area contributed by atoms with Crippen molar-refractivity contribution in [2.24, 2.45) is 0 Å². The molecule has 0 amide bonds. The van der Waals surface area contributed by atoms with Crippen LogP contribution in [0.2, 0.25) is 0 Å².